The van der Waals surface area contributed by atoms with Crippen LogP contribution < -0.4 is 16.0 Å². The molecule has 3 amide bonds. The summed E-state index contributed by atoms with van der Waals surface area (Å²) < 4.78 is 13.8. The molecular weight excluding hydrogens is 417 g/mol. The van der Waals surface area contributed by atoms with Gasteiger partial charge in [0.05, 0.1) is 5.69 Å². The molecule has 0 aromatic heterocycles. The fourth-order valence-corrected chi connectivity index (χ4v) is 3.74. The van der Waals surface area contributed by atoms with Crippen LogP contribution in [0.25, 0.3) is 0 Å². The average Bonchev–Trinajstić information content (AvgIpc) is 2.82. The van der Waals surface area contributed by atoms with Gasteiger partial charge in [0.25, 0.3) is 0 Å². The predicted molar refractivity (Wildman–Crippen MR) is 130 cm³/mol. The van der Waals surface area contributed by atoms with Gasteiger partial charge in [0.1, 0.15) is 11.9 Å². The number of anilines is 1. The number of hydrogen-bond acceptors (Lipinski definition) is 2. The molecule has 172 valence electrons. The van der Waals surface area contributed by atoms with Gasteiger partial charge in [0, 0.05) is 12.5 Å². The van der Waals surface area contributed by atoms with Gasteiger partial charge < -0.3 is 16.0 Å². The van der Waals surface area contributed by atoms with Crippen LogP contribution in [0.4, 0.5) is 14.9 Å². The summed E-state index contributed by atoms with van der Waals surface area (Å²) in [5, 5.41) is 8.09. The first-order valence-electron chi connectivity index (χ1n) is 11.2. The van der Waals surface area contributed by atoms with Crippen molar-refractivity contribution in [2.75, 3.05) is 11.9 Å². The Bertz CT molecular complexity index is 1000. The van der Waals surface area contributed by atoms with Crippen molar-refractivity contribution < 1.29 is 14.0 Å². The number of amides is 3. The quantitative estimate of drug-likeness (QED) is 0.416. The van der Waals surface area contributed by atoms with Gasteiger partial charge in [-0.25, -0.2) is 9.18 Å². The van der Waals surface area contributed by atoms with E-state index in [0.717, 1.165) is 0 Å². The maximum Gasteiger partial charge on any atom is 0.319 e. The summed E-state index contributed by atoms with van der Waals surface area (Å²) in [5.41, 5.74) is 2.42. The molecule has 5 nitrogen and oxygen atoms in total. The number of para-hydroxylation sites is 1. The highest BCUT2D eigenvalue weighted by Crippen LogP contribution is 2.27. The van der Waals surface area contributed by atoms with E-state index in [-0.39, 0.29) is 23.4 Å². The third-order valence-electron chi connectivity index (χ3n) is 5.49. The summed E-state index contributed by atoms with van der Waals surface area (Å²) in [6.07, 6.45) is 0.714. The SMILES string of the molecule is CC(C)C(NC(=O)Nc1ccccc1F)C(=O)NCCC(c1ccccc1)c1ccccc1. The Balaban J connectivity index is 1.60. The van der Waals surface area contributed by atoms with Gasteiger partial charge in [-0.05, 0) is 35.6 Å². The van der Waals surface area contributed by atoms with Gasteiger partial charge in [0.2, 0.25) is 5.91 Å². The van der Waals surface area contributed by atoms with Crippen molar-refractivity contribution in [3.8, 4) is 0 Å². The van der Waals surface area contributed by atoms with E-state index in [1.165, 1.54) is 23.3 Å². The first kappa shape index (κ1) is 24.0. The monoisotopic (exact) mass is 447 g/mol. The Morgan fingerprint density at radius 1 is 0.818 bits per heavy atom. The summed E-state index contributed by atoms with van der Waals surface area (Å²) in [6.45, 7) is 4.15. The molecule has 0 fully saturated rings. The van der Waals surface area contributed by atoms with Gasteiger partial charge in [-0.15, -0.1) is 0 Å². The van der Waals surface area contributed by atoms with Gasteiger partial charge >= 0.3 is 6.03 Å². The van der Waals surface area contributed by atoms with Crippen LogP contribution in [-0.4, -0.2) is 24.5 Å². The van der Waals surface area contributed by atoms with Crippen LogP contribution in [0, 0.1) is 11.7 Å². The fraction of sp³-hybridized carbons (Fsp3) is 0.259. The molecule has 3 aromatic carbocycles. The molecule has 33 heavy (non-hydrogen) atoms. The largest absolute Gasteiger partial charge is 0.354 e. The Labute approximate surface area is 194 Å². The van der Waals surface area contributed by atoms with Gasteiger partial charge in [0.15, 0.2) is 0 Å². The summed E-state index contributed by atoms with van der Waals surface area (Å²) in [6, 6.07) is 24.9. The van der Waals surface area contributed by atoms with Crippen molar-refractivity contribution in [2.24, 2.45) is 5.92 Å². The van der Waals surface area contributed by atoms with E-state index in [1.54, 1.807) is 12.1 Å². The van der Waals surface area contributed by atoms with E-state index in [0.29, 0.717) is 13.0 Å². The average molecular weight is 448 g/mol. The molecule has 1 unspecified atom stereocenters. The van der Waals surface area contributed by atoms with E-state index in [9.17, 15) is 14.0 Å². The van der Waals surface area contributed by atoms with Gasteiger partial charge in [-0.2, -0.15) is 0 Å². The van der Waals surface area contributed by atoms with Crippen molar-refractivity contribution in [3.63, 3.8) is 0 Å². The van der Waals surface area contributed by atoms with Crippen LogP contribution in [0.15, 0.2) is 84.9 Å². The van der Waals surface area contributed by atoms with E-state index in [1.807, 2.05) is 50.2 Å². The third kappa shape index (κ3) is 6.91. The molecule has 0 saturated carbocycles. The minimum absolute atomic E-state index is 0.0616. The maximum atomic E-state index is 13.8. The molecule has 3 aromatic rings. The molecule has 0 spiro atoms. The number of carbonyl (C=O) groups excluding carboxylic acids is 2. The molecule has 3 rings (SSSR count). The fourth-order valence-electron chi connectivity index (χ4n) is 3.74. The van der Waals surface area contributed by atoms with Gasteiger partial charge in [-0.3, -0.25) is 4.79 Å². The normalized spacial score (nSPS) is 11.8. The predicted octanol–water partition coefficient (Wildman–Crippen LogP) is 5.31. The van der Waals surface area contributed by atoms with E-state index >= 15 is 0 Å². The molecule has 0 aliphatic heterocycles. The lowest BCUT2D eigenvalue weighted by atomic mass is 9.88. The molecule has 0 aliphatic rings. The molecule has 6 heteroatoms. The topological polar surface area (TPSA) is 70.2 Å². The molecule has 3 N–H and O–H groups in total. The summed E-state index contributed by atoms with van der Waals surface area (Å²) >= 11 is 0. The maximum absolute atomic E-state index is 13.8. The smallest absolute Gasteiger partial charge is 0.319 e. The van der Waals surface area contributed by atoms with Crippen molar-refractivity contribution in [1.82, 2.24) is 10.6 Å². The number of benzene rings is 3. The van der Waals surface area contributed by atoms with Crippen LogP contribution in [-0.2, 0) is 4.79 Å². The third-order valence-corrected chi connectivity index (χ3v) is 5.49. The lowest BCUT2D eigenvalue weighted by Gasteiger charge is -2.23. The summed E-state index contributed by atoms with van der Waals surface area (Å²) in [7, 11) is 0. The van der Waals surface area contributed by atoms with E-state index in [2.05, 4.69) is 40.2 Å². The first-order chi connectivity index (χ1) is 16.0. The van der Waals surface area contributed by atoms with E-state index in [4.69, 9.17) is 0 Å². The minimum Gasteiger partial charge on any atom is -0.354 e. The molecule has 0 bridgehead atoms. The number of carbonyl (C=O) groups is 2. The Kier molecular flexibility index (Phi) is 8.58. The van der Waals surface area contributed by atoms with Crippen molar-refractivity contribution in [1.29, 1.82) is 0 Å². The highest BCUT2D eigenvalue weighted by molar-refractivity contribution is 5.93. The molecule has 1 atom stereocenters. The Morgan fingerprint density at radius 3 is 1.91 bits per heavy atom. The summed E-state index contributed by atoms with van der Waals surface area (Å²) in [5.74, 6) is -0.808. The Hall–Kier alpha value is -3.67. The van der Waals surface area contributed by atoms with Crippen molar-refractivity contribution >= 4 is 17.6 Å². The second-order valence-electron chi connectivity index (χ2n) is 8.25. The number of rotatable bonds is 9. The highest BCUT2D eigenvalue weighted by Gasteiger charge is 2.25. The van der Waals surface area contributed by atoms with Crippen molar-refractivity contribution in [3.05, 3.63) is 102 Å². The lowest BCUT2D eigenvalue weighted by molar-refractivity contribution is -0.123. The number of halogens is 1. The lowest BCUT2D eigenvalue weighted by Crippen LogP contribution is -2.51. The standard InChI is InChI=1S/C27H30FN3O2/c1-19(2)25(31-27(33)30-24-16-10-9-15-23(24)28)26(32)29-18-17-22(20-11-5-3-6-12-20)21-13-7-4-8-14-21/h3-16,19,22,25H,17-18H2,1-2H3,(H,29,32)(H2,30,31,33). The zero-order chi connectivity index (χ0) is 23.6. The van der Waals surface area contributed by atoms with Crippen LogP contribution in [0.1, 0.15) is 37.3 Å². The van der Waals surface area contributed by atoms with Gasteiger partial charge in [-0.1, -0.05) is 86.6 Å². The number of hydrogen-bond donors (Lipinski definition) is 3. The Morgan fingerprint density at radius 2 is 1.36 bits per heavy atom. The molecule has 0 radical (unpaired) electrons. The first-order valence-corrected chi connectivity index (χ1v) is 11.2. The minimum atomic E-state index is -0.747. The molecule has 0 heterocycles. The second-order valence-corrected chi connectivity index (χ2v) is 8.25. The van der Waals surface area contributed by atoms with E-state index < -0.39 is 17.9 Å². The zero-order valence-corrected chi connectivity index (χ0v) is 18.9. The van der Waals surface area contributed by atoms with Crippen molar-refractivity contribution in [2.45, 2.75) is 32.2 Å². The molecular formula is C27H30FN3O2. The molecule has 0 aliphatic carbocycles. The highest BCUT2D eigenvalue weighted by atomic mass is 19.1. The zero-order valence-electron chi connectivity index (χ0n) is 18.9. The number of nitrogens with one attached hydrogen (secondary N) is 3. The second kappa shape index (κ2) is 11.8. The van der Waals surface area contributed by atoms with Crippen LogP contribution in [0.2, 0.25) is 0 Å². The van der Waals surface area contributed by atoms with Crippen LogP contribution >= 0.6 is 0 Å². The number of urea groups is 1. The van der Waals surface area contributed by atoms with Crippen LogP contribution in [0.3, 0.4) is 0 Å². The summed E-state index contributed by atoms with van der Waals surface area (Å²) in [4.78, 5) is 25.2. The molecule has 0 saturated heterocycles. The van der Waals surface area contributed by atoms with Crippen LogP contribution in [0.5, 0.6) is 0 Å².